The first-order valence-corrected chi connectivity index (χ1v) is 9.28. The molecule has 0 fully saturated rings. The molecule has 9 nitrogen and oxygen atoms in total. The predicted molar refractivity (Wildman–Crippen MR) is 110 cm³/mol. The van der Waals surface area contributed by atoms with Crippen molar-refractivity contribution in [1.82, 2.24) is 0 Å². The topological polar surface area (TPSA) is 138 Å². The number of rotatable bonds is 6. The molecule has 0 radical (unpaired) electrons. The summed E-state index contributed by atoms with van der Waals surface area (Å²) in [5.74, 6) is -1.34. The number of esters is 1. The van der Waals surface area contributed by atoms with Crippen LogP contribution in [-0.2, 0) is 14.3 Å². The lowest BCUT2D eigenvalue weighted by atomic mass is 9.82. The number of non-ortho nitro benzene ring substituents is 1. The summed E-state index contributed by atoms with van der Waals surface area (Å²) in [6.07, 6.45) is 0. The van der Waals surface area contributed by atoms with Gasteiger partial charge in [-0.1, -0.05) is 24.3 Å². The van der Waals surface area contributed by atoms with Gasteiger partial charge in [0.25, 0.3) is 5.69 Å². The first-order valence-electron chi connectivity index (χ1n) is 9.28. The van der Waals surface area contributed by atoms with Crippen LogP contribution in [0.5, 0.6) is 5.75 Å². The van der Waals surface area contributed by atoms with Gasteiger partial charge < -0.3 is 19.9 Å². The van der Waals surface area contributed by atoms with E-state index in [1.807, 2.05) is 6.07 Å². The Morgan fingerprint density at radius 1 is 1.29 bits per heavy atom. The number of nitro benzene ring substituents is 1. The van der Waals surface area contributed by atoms with Crippen LogP contribution in [-0.4, -0.2) is 24.6 Å². The van der Waals surface area contributed by atoms with Crippen LogP contribution in [0.25, 0.3) is 5.76 Å². The Balaban J connectivity index is 2.31. The summed E-state index contributed by atoms with van der Waals surface area (Å²) in [6.45, 7) is 1.72. The maximum Gasteiger partial charge on any atom is 0.338 e. The normalized spacial score (nSPS) is 15.7. The molecule has 0 saturated heterocycles. The Kier molecular flexibility index (Phi) is 6.21. The van der Waals surface area contributed by atoms with Gasteiger partial charge in [0.15, 0.2) is 0 Å². The summed E-state index contributed by atoms with van der Waals surface area (Å²) in [4.78, 5) is 23.7. The van der Waals surface area contributed by atoms with Crippen molar-refractivity contribution in [1.29, 1.82) is 5.26 Å². The second kappa shape index (κ2) is 9.00. The van der Waals surface area contributed by atoms with E-state index >= 15 is 0 Å². The van der Waals surface area contributed by atoms with Crippen molar-refractivity contribution < 1.29 is 23.9 Å². The highest BCUT2D eigenvalue weighted by molar-refractivity contribution is 6.00. The van der Waals surface area contributed by atoms with Crippen LogP contribution in [0.15, 0.2) is 65.6 Å². The summed E-state index contributed by atoms with van der Waals surface area (Å²) in [7, 11) is 1.50. The fraction of sp³-hybridized carbons (Fsp3) is 0.182. The molecule has 9 heteroatoms. The van der Waals surface area contributed by atoms with Crippen LogP contribution in [0.4, 0.5) is 5.69 Å². The maximum absolute atomic E-state index is 13.0. The number of methoxy groups -OCH3 is 1. The summed E-state index contributed by atoms with van der Waals surface area (Å²) in [5, 5.41) is 21.0. The number of nitriles is 1. The highest BCUT2D eigenvalue weighted by Gasteiger charge is 2.38. The lowest BCUT2D eigenvalue weighted by Gasteiger charge is -2.28. The number of nitrogens with two attached hydrogens (primary N) is 1. The van der Waals surface area contributed by atoms with Gasteiger partial charge in [0.2, 0.25) is 5.88 Å². The molecule has 2 aromatic carbocycles. The zero-order valence-electron chi connectivity index (χ0n) is 16.8. The lowest BCUT2D eigenvalue weighted by molar-refractivity contribution is -0.384. The van der Waals surface area contributed by atoms with Crippen LogP contribution in [0.3, 0.4) is 0 Å². The number of hydrogen-bond donors (Lipinski definition) is 1. The van der Waals surface area contributed by atoms with E-state index in [-0.39, 0.29) is 40.6 Å². The van der Waals surface area contributed by atoms with Gasteiger partial charge in [0.05, 0.1) is 30.1 Å². The van der Waals surface area contributed by atoms with Crippen LogP contribution in [0, 0.1) is 21.4 Å². The van der Waals surface area contributed by atoms with Crippen LogP contribution >= 0.6 is 0 Å². The highest BCUT2D eigenvalue weighted by Crippen LogP contribution is 2.43. The number of ether oxygens (including phenoxy) is 3. The quantitative estimate of drug-likeness (QED) is 0.425. The van der Waals surface area contributed by atoms with Crippen LogP contribution < -0.4 is 10.5 Å². The molecule has 0 aliphatic carbocycles. The molecule has 0 amide bonds. The molecule has 0 aromatic heterocycles. The van der Waals surface area contributed by atoms with Crippen molar-refractivity contribution in [3.05, 3.63) is 86.8 Å². The molecule has 158 valence electrons. The third-order valence-corrected chi connectivity index (χ3v) is 4.66. The van der Waals surface area contributed by atoms with Crippen molar-refractivity contribution in [2.45, 2.75) is 12.8 Å². The number of carbonyl (C=O) groups is 1. The zero-order chi connectivity index (χ0) is 22.5. The fourth-order valence-corrected chi connectivity index (χ4v) is 3.31. The van der Waals surface area contributed by atoms with Gasteiger partial charge in [-0.2, -0.15) is 5.26 Å². The highest BCUT2D eigenvalue weighted by atomic mass is 16.6. The molecule has 2 N–H and O–H groups in total. The third-order valence-electron chi connectivity index (χ3n) is 4.66. The molecule has 0 spiro atoms. The van der Waals surface area contributed by atoms with E-state index in [1.165, 1.54) is 25.3 Å². The molecule has 1 atom stereocenters. The number of allylic oxidation sites excluding steroid dienone is 1. The van der Waals surface area contributed by atoms with Crippen molar-refractivity contribution >= 4 is 17.4 Å². The van der Waals surface area contributed by atoms with E-state index in [9.17, 15) is 20.2 Å². The molecule has 3 rings (SSSR count). The van der Waals surface area contributed by atoms with E-state index in [1.54, 1.807) is 37.3 Å². The summed E-state index contributed by atoms with van der Waals surface area (Å²) in [5.41, 5.74) is 6.68. The molecule has 2 aromatic rings. The average molecular weight is 421 g/mol. The third kappa shape index (κ3) is 4.18. The van der Waals surface area contributed by atoms with Gasteiger partial charge in [0.1, 0.15) is 23.2 Å². The molecule has 31 heavy (non-hydrogen) atoms. The Labute approximate surface area is 178 Å². The summed E-state index contributed by atoms with van der Waals surface area (Å²) < 4.78 is 16.2. The van der Waals surface area contributed by atoms with Crippen LogP contribution in [0.1, 0.15) is 24.0 Å². The summed E-state index contributed by atoms with van der Waals surface area (Å²) in [6, 6.07) is 14.4. The Hall–Kier alpha value is -4.32. The largest absolute Gasteiger partial charge is 0.497 e. The second-order valence-corrected chi connectivity index (χ2v) is 6.47. The molecular formula is C22H19N3O6. The van der Waals surface area contributed by atoms with Gasteiger partial charge in [-0.05, 0) is 24.6 Å². The van der Waals surface area contributed by atoms with E-state index in [0.29, 0.717) is 11.3 Å². The number of benzene rings is 2. The van der Waals surface area contributed by atoms with Gasteiger partial charge >= 0.3 is 5.97 Å². The first kappa shape index (κ1) is 21.4. The maximum atomic E-state index is 13.0. The first-order chi connectivity index (χ1) is 14.9. The Bertz CT molecular complexity index is 1150. The van der Waals surface area contributed by atoms with E-state index < -0.39 is 16.8 Å². The van der Waals surface area contributed by atoms with Crippen molar-refractivity contribution in [2.24, 2.45) is 5.73 Å². The standard InChI is InChI=1S/C22H19N3O6/c1-3-30-22(26)19-18(13-6-5-9-16(11-13)29-2)17(12-23)21(24)31-20(19)14-7-4-8-15(10-14)25(27)28/h4-11,18H,3,24H2,1-2H3. The minimum atomic E-state index is -0.915. The van der Waals surface area contributed by atoms with Gasteiger partial charge in [-0.3, -0.25) is 10.1 Å². The molecule has 1 heterocycles. The minimum Gasteiger partial charge on any atom is -0.497 e. The van der Waals surface area contributed by atoms with Gasteiger partial charge in [0, 0.05) is 17.7 Å². The van der Waals surface area contributed by atoms with Crippen molar-refractivity contribution in [3.8, 4) is 11.8 Å². The average Bonchev–Trinajstić information content (AvgIpc) is 2.78. The van der Waals surface area contributed by atoms with Crippen molar-refractivity contribution in [3.63, 3.8) is 0 Å². The minimum absolute atomic E-state index is 0.00790. The summed E-state index contributed by atoms with van der Waals surface area (Å²) >= 11 is 0. The monoisotopic (exact) mass is 421 g/mol. The lowest BCUT2D eigenvalue weighted by Crippen LogP contribution is -2.26. The zero-order valence-corrected chi connectivity index (χ0v) is 16.8. The van der Waals surface area contributed by atoms with Crippen LogP contribution in [0.2, 0.25) is 0 Å². The fourth-order valence-electron chi connectivity index (χ4n) is 3.31. The van der Waals surface area contributed by atoms with E-state index in [4.69, 9.17) is 19.9 Å². The number of nitrogens with zero attached hydrogens (tertiary/aromatic N) is 2. The van der Waals surface area contributed by atoms with E-state index in [0.717, 1.165) is 0 Å². The number of nitro groups is 1. The number of hydrogen-bond acceptors (Lipinski definition) is 8. The molecule has 0 bridgehead atoms. The predicted octanol–water partition coefficient (Wildman–Crippen LogP) is 3.39. The molecular weight excluding hydrogens is 402 g/mol. The Morgan fingerprint density at radius 2 is 2.03 bits per heavy atom. The number of carbonyl (C=O) groups excluding carboxylic acids is 1. The van der Waals surface area contributed by atoms with Gasteiger partial charge in [-0.15, -0.1) is 0 Å². The Morgan fingerprint density at radius 3 is 2.68 bits per heavy atom. The van der Waals surface area contributed by atoms with Crippen molar-refractivity contribution in [2.75, 3.05) is 13.7 Å². The molecule has 0 saturated carbocycles. The molecule has 1 aliphatic rings. The molecule has 1 unspecified atom stereocenters. The molecule has 1 aliphatic heterocycles. The van der Waals surface area contributed by atoms with Gasteiger partial charge in [-0.25, -0.2) is 4.79 Å². The smallest absolute Gasteiger partial charge is 0.338 e. The van der Waals surface area contributed by atoms with E-state index in [2.05, 4.69) is 0 Å². The SMILES string of the molecule is CCOC(=O)C1=C(c2cccc([N+](=O)[O-])c2)OC(N)=C(C#N)C1c1cccc(OC)c1. The second-order valence-electron chi connectivity index (χ2n) is 6.47.